The third kappa shape index (κ3) is 8.27. The second-order valence-corrected chi connectivity index (χ2v) is 5.84. The molecule has 0 saturated carbocycles. The second kappa shape index (κ2) is 11.0. The van der Waals surface area contributed by atoms with Crippen LogP contribution in [-0.4, -0.2) is 12.6 Å². The molecule has 0 aliphatic heterocycles. The third-order valence-electron chi connectivity index (χ3n) is 2.59. The summed E-state index contributed by atoms with van der Waals surface area (Å²) in [5.41, 5.74) is 0. The lowest BCUT2D eigenvalue weighted by atomic mass is 10.4. The van der Waals surface area contributed by atoms with Crippen molar-refractivity contribution in [1.29, 1.82) is 0 Å². The molecule has 0 amide bonds. The lowest BCUT2D eigenvalue weighted by Gasteiger charge is -2.00. The fourth-order valence-electron chi connectivity index (χ4n) is 1.53. The van der Waals surface area contributed by atoms with Crippen LogP contribution in [0.5, 0.6) is 0 Å². The van der Waals surface area contributed by atoms with Crippen molar-refractivity contribution < 1.29 is 9.53 Å². The number of carbonyl (C=O) groups excluding carboxylic acids is 1. The Bertz CT molecular complexity index is 460. The molecule has 21 heavy (non-hydrogen) atoms. The van der Waals surface area contributed by atoms with Gasteiger partial charge in [0.1, 0.15) is 0 Å². The van der Waals surface area contributed by atoms with E-state index in [0.717, 1.165) is 15.0 Å². The molecule has 0 unspecified atom stereocenters. The van der Waals surface area contributed by atoms with Crippen LogP contribution in [0.15, 0.2) is 60.7 Å². The zero-order valence-corrected chi connectivity index (χ0v) is 13.7. The Morgan fingerprint density at radius 1 is 0.905 bits per heavy atom. The molecular weight excluding hydrogens is 279 g/mol. The molecule has 0 aliphatic carbocycles. The van der Waals surface area contributed by atoms with E-state index in [1.54, 1.807) is 6.92 Å². The van der Waals surface area contributed by atoms with Gasteiger partial charge in [0, 0.05) is 6.42 Å². The molecular formula is C18H23O2P. The molecule has 3 heteroatoms. The first-order valence-corrected chi connectivity index (χ1v) is 8.29. The predicted octanol–water partition coefficient (Wildman–Crippen LogP) is 3.67. The van der Waals surface area contributed by atoms with Gasteiger partial charge >= 0.3 is 5.97 Å². The van der Waals surface area contributed by atoms with Crippen LogP contribution < -0.4 is 10.6 Å². The summed E-state index contributed by atoms with van der Waals surface area (Å²) in [5, 5.41) is 2.79. The largest absolute Gasteiger partial charge is 0.466 e. The van der Waals surface area contributed by atoms with Crippen LogP contribution in [-0.2, 0) is 9.53 Å². The van der Waals surface area contributed by atoms with E-state index in [4.69, 9.17) is 4.74 Å². The Balaban J connectivity index is 0.000000240. The Kier molecular flexibility index (Phi) is 9.15. The molecule has 112 valence electrons. The molecule has 0 bridgehead atoms. The van der Waals surface area contributed by atoms with Crippen LogP contribution in [0, 0.1) is 0 Å². The van der Waals surface area contributed by atoms with Crippen LogP contribution in [0.1, 0.15) is 26.7 Å². The molecule has 2 nitrogen and oxygen atoms in total. The van der Waals surface area contributed by atoms with Crippen molar-refractivity contribution >= 4 is 25.2 Å². The lowest BCUT2D eigenvalue weighted by molar-refractivity contribution is -0.143. The number of benzene rings is 2. The van der Waals surface area contributed by atoms with Gasteiger partial charge in [-0.25, -0.2) is 0 Å². The van der Waals surface area contributed by atoms with Gasteiger partial charge in [-0.3, -0.25) is 4.79 Å². The molecule has 0 aromatic heterocycles. The van der Waals surface area contributed by atoms with Crippen LogP contribution in [0.2, 0.25) is 0 Å². The predicted molar refractivity (Wildman–Crippen MR) is 92.0 cm³/mol. The maximum Gasteiger partial charge on any atom is 0.305 e. The highest BCUT2D eigenvalue weighted by Gasteiger charge is 1.93. The minimum absolute atomic E-state index is 0.105. The minimum atomic E-state index is -0.105. The van der Waals surface area contributed by atoms with Gasteiger partial charge < -0.3 is 4.74 Å². The molecule has 2 aromatic carbocycles. The molecule has 0 N–H and O–H groups in total. The Morgan fingerprint density at radius 3 is 1.76 bits per heavy atom. The van der Waals surface area contributed by atoms with E-state index < -0.39 is 0 Å². The van der Waals surface area contributed by atoms with E-state index in [1.807, 2.05) is 6.92 Å². The lowest BCUT2D eigenvalue weighted by Crippen LogP contribution is -2.02. The van der Waals surface area contributed by atoms with Crippen LogP contribution in [0.3, 0.4) is 0 Å². The van der Waals surface area contributed by atoms with E-state index >= 15 is 0 Å². The number of hydrogen-bond donors (Lipinski definition) is 0. The van der Waals surface area contributed by atoms with Crippen LogP contribution in [0.4, 0.5) is 0 Å². The van der Waals surface area contributed by atoms with E-state index in [2.05, 4.69) is 60.7 Å². The molecule has 0 saturated heterocycles. The first-order chi connectivity index (χ1) is 10.3. The van der Waals surface area contributed by atoms with Gasteiger partial charge in [-0.2, -0.15) is 0 Å². The molecule has 0 heterocycles. The average molecular weight is 302 g/mol. The summed E-state index contributed by atoms with van der Waals surface area (Å²) in [6, 6.07) is 21.2. The highest BCUT2D eigenvalue weighted by Crippen LogP contribution is 2.08. The van der Waals surface area contributed by atoms with Crippen molar-refractivity contribution in [3.05, 3.63) is 60.7 Å². The number of esters is 1. The summed E-state index contributed by atoms with van der Waals surface area (Å²) < 4.78 is 4.70. The summed E-state index contributed by atoms with van der Waals surface area (Å²) in [4.78, 5) is 10.3. The fraction of sp³-hybridized carbons (Fsp3) is 0.278. The van der Waals surface area contributed by atoms with Crippen molar-refractivity contribution in [2.45, 2.75) is 26.7 Å². The van der Waals surface area contributed by atoms with E-state index in [-0.39, 0.29) is 5.97 Å². The molecule has 0 atom stereocenters. The van der Waals surface area contributed by atoms with Gasteiger partial charge in [0.15, 0.2) is 0 Å². The zero-order valence-electron chi connectivity index (χ0n) is 12.7. The monoisotopic (exact) mass is 302 g/mol. The summed E-state index contributed by atoms with van der Waals surface area (Å²) in [6.45, 7) is 4.33. The average Bonchev–Trinajstić information content (AvgIpc) is 2.55. The van der Waals surface area contributed by atoms with Gasteiger partial charge in [-0.15, -0.1) is 0 Å². The van der Waals surface area contributed by atoms with Crippen LogP contribution >= 0.6 is 8.58 Å². The van der Waals surface area contributed by atoms with Gasteiger partial charge in [-0.05, 0) is 17.0 Å². The summed E-state index contributed by atoms with van der Waals surface area (Å²) >= 11 is 0. The number of hydrogen-bond acceptors (Lipinski definition) is 2. The zero-order chi connectivity index (χ0) is 15.3. The molecule has 0 aliphatic rings. The second-order valence-electron chi connectivity index (χ2n) is 4.43. The smallest absolute Gasteiger partial charge is 0.305 e. The van der Waals surface area contributed by atoms with E-state index in [1.165, 1.54) is 10.6 Å². The molecule has 0 radical (unpaired) electrons. The van der Waals surface area contributed by atoms with Gasteiger partial charge in [0.2, 0.25) is 0 Å². The van der Waals surface area contributed by atoms with Gasteiger partial charge in [0.05, 0.1) is 6.61 Å². The van der Waals surface area contributed by atoms with Crippen LogP contribution in [0.25, 0.3) is 0 Å². The van der Waals surface area contributed by atoms with Crippen molar-refractivity contribution in [3.8, 4) is 0 Å². The topological polar surface area (TPSA) is 26.3 Å². The molecule has 0 fully saturated rings. The number of ether oxygens (including phenoxy) is 1. The van der Waals surface area contributed by atoms with Crippen molar-refractivity contribution in [3.63, 3.8) is 0 Å². The third-order valence-corrected chi connectivity index (χ3v) is 3.84. The highest BCUT2D eigenvalue weighted by atomic mass is 31.1. The number of carbonyl (C=O) groups is 1. The van der Waals surface area contributed by atoms with Gasteiger partial charge in [0.25, 0.3) is 0 Å². The normalized spacial score (nSPS) is 9.43. The fourth-order valence-corrected chi connectivity index (χ4v) is 2.58. The standard InChI is InChI=1S/C12H11P.C6H12O2/c1-3-7-11(8-4-1)13-12-9-5-2-6-10-12;1-3-5-8-6(7)4-2/h1-10,13H;3-5H2,1-2H3. The Labute approximate surface area is 129 Å². The van der Waals surface area contributed by atoms with Gasteiger partial charge in [-0.1, -0.05) is 83.1 Å². The van der Waals surface area contributed by atoms with Crippen molar-refractivity contribution in [1.82, 2.24) is 0 Å². The number of rotatable bonds is 5. The first kappa shape index (κ1) is 17.4. The minimum Gasteiger partial charge on any atom is -0.466 e. The molecule has 2 rings (SSSR count). The quantitative estimate of drug-likeness (QED) is 0.622. The van der Waals surface area contributed by atoms with Crippen molar-refractivity contribution in [2.75, 3.05) is 6.61 Å². The van der Waals surface area contributed by atoms with Crippen molar-refractivity contribution in [2.24, 2.45) is 0 Å². The summed E-state index contributed by atoms with van der Waals surface area (Å²) in [7, 11) is 0.777. The van der Waals surface area contributed by atoms with E-state index in [9.17, 15) is 4.79 Å². The summed E-state index contributed by atoms with van der Waals surface area (Å²) in [5.74, 6) is -0.105. The highest BCUT2D eigenvalue weighted by molar-refractivity contribution is 7.55. The van der Waals surface area contributed by atoms with E-state index in [0.29, 0.717) is 13.0 Å². The maximum atomic E-state index is 10.3. The maximum absolute atomic E-state index is 10.3. The SMILES string of the molecule is CCCOC(=O)CC.c1ccc(Pc2ccccc2)cc1. The first-order valence-electron chi connectivity index (χ1n) is 7.29. The Hall–Kier alpha value is -1.66. The molecule has 0 spiro atoms. The molecule has 2 aromatic rings. The summed E-state index contributed by atoms with van der Waals surface area (Å²) in [6.07, 6.45) is 1.39. The Morgan fingerprint density at radius 2 is 1.38 bits per heavy atom.